The Bertz CT molecular complexity index is 754. The van der Waals surface area contributed by atoms with Crippen molar-refractivity contribution >= 4 is 29.1 Å². The molecule has 1 amide bonds. The van der Waals surface area contributed by atoms with Crippen molar-refractivity contribution in [3.8, 4) is 0 Å². The molecule has 1 N–H and O–H groups in total. The van der Waals surface area contributed by atoms with Crippen molar-refractivity contribution in [2.75, 3.05) is 0 Å². The molecule has 1 atom stereocenters. The maximum absolute atomic E-state index is 12.5. The molecule has 0 aliphatic rings. The first-order valence-electron chi connectivity index (χ1n) is 8.06. The zero-order valence-electron chi connectivity index (χ0n) is 14.2. The quantitative estimate of drug-likeness (QED) is 0.603. The second-order valence-electron chi connectivity index (χ2n) is 6.13. The van der Waals surface area contributed by atoms with E-state index in [0.29, 0.717) is 16.1 Å². The molecule has 2 rings (SSSR count). The highest BCUT2D eigenvalue weighted by Gasteiger charge is 2.26. The van der Waals surface area contributed by atoms with Crippen molar-refractivity contribution in [3.05, 3.63) is 70.7 Å². The van der Waals surface area contributed by atoms with Crippen LogP contribution in [-0.4, -0.2) is 23.5 Å². The summed E-state index contributed by atoms with van der Waals surface area (Å²) in [7, 11) is 0. The van der Waals surface area contributed by atoms with E-state index < -0.39 is 6.04 Å². The minimum Gasteiger partial charge on any atom is -0.342 e. The maximum Gasteiger partial charge on any atom is 0.251 e. The largest absolute Gasteiger partial charge is 0.342 e. The molecule has 0 aliphatic carbocycles. The van der Waals surface area contributed by atoms with E-state index in [9.17, 15) is 14.4 Å². The molecule has 25 heavy (non-hydrogen) atoms. The molecule has 0 spiro atoms. The molecule has 0 bridgehead atoms. The molecular formula is C20H20ClNO3. The van der Waals surface area contributed by atoms with E-state index in [0.717, 1.165) is 0 Å². The summed E-state index contributed by atoms with van der Waals surface area (Å²) in [5, 5.41) is 3.26. The zero-order chi connectivity index (χ0) is 18.4. The summed E-state index contributed by atoms with van der Waals surface area (Å²) in [6, 6.07) is 14.3. The summed E-state index contributed by atoms with van der Waals surface area (Å²) < 4.78 is 0. The van der Waals surface area contributed by atoms with E-state index in [4.69, 9.17) is 11.6 Å². The molecule has 0 aromatic heterocycles. The Morgan fingerprint density at radius 2 is 1.52 bits per heavy atom. The summed E-state index contributed by atoms with van der Waals surface area (Å²) in [5.41, 5.74) is 0.902. The molecule has 4 nitrogen and oxygen atoms in total. The van der Waals surface area contributed by atoms with Crippen molar-refractivity contribution < 1.29 is 14.4 Å². The number of halogens is 1. The highest BCUT2D eigenvalue weighted by molar-refractivity contribution is 6.30. The fraction of sp³-hybridized carbons (Fsp3) is 0.250. The van der Waals surface area contributed by atoms with E-state index in [1.807, 2.05) is 19.9 Å². The fourth-order valence-corrected chi connectivity index (χ4v) is 2.57. The maximum atomic E-state index is 12.5. The lowest BCUT2D eigenvalue weighted by Crippen LogP contribution is -2.45. The van der Waals surface area contributed by atoms with Crippen LogP contribution in [0.4, 0.5) is 0 Å². The van der Waals surface area contributed by atoms with Crippen LogP contribution in [0.25, 0.3) is 0 Å². The first-order valence-corrected chi connectivity index (χ1v) is 8.43. The van der Waals surface area contributed by atoms with Gasteiger partial charge >= 0.3 is 0 Å². The molecule has 0 saturated carbocycles. The average Bonchev–Trinajstić information content (AvgIpc) is 2.60. The summed E-state index contributed by atoms with van der Waals surface area (Å²) in [5.74, 6) is -1.05. The van der Waals surface area contributed by atoms with Gasteiger partial charge in [0.15, 0.2) is 11.6 Å². The smallest absolute Gasteiger partial charge is 0.251 e. The van der Waals surface area contributed by atoms with Crippen LogP contribution < -0.4 is 5.32 Å². The average molecular weight is 358 g/mol. The summed E-state index contributed by atoms with van der Waals surface area (Å²) in [6.07, 6.45) is -0.264. The first kappa shape index (κ1) is 18.9. The van der Waals surface area contributed by atoms with Gasteiger partial charge in [-0.25, -0.2) is 0 Å². The fourth-order valence-electron chi connectivity index (χ4n) is 2.44. The van der Waals surface area contributed by atoms with Crippen molar-refractivity contribution in [2.24, 2.45) is 5.92 Å². The van der Waals surface area contributed by atoms with Crippen molar-refractivity contribution in [1.29, 1.82) is 0 Å². The number of nitrogens with one attached hydrogen (secondary N) is 1. The Balaban J connectivity index is 2.06. The molecule has 2 aromatic rings. The van der Waals surface area contributed by atoms with Crippen LogP contribution >= 0.6 is 11.6 Å². The van der Waals surface area contributed by atoms with Gasteiger partial charge in [0.25, 0.3) is 5.91 Å². The number of ketones is 2. The summed E-state index contributed by atoms with van der Waals surface area (Å²) in [6.45, 7) is 3.67. The lowest BCUT2D eigenvalue weighted by atomic mass is 9.94. The van der Waals surface area contributed by atoms with Gasteiger partial charge in [-0.15, -0.1) is 0 Å². The highest BCUT2D eigenvalue weighted by Crippen LogP contribution is 2.14. The van der Waals surface area contributed by atoms with E-state index in [1.54, 1.807) is 48.5 Å². The number of amides is 1. The third-order valence-electron chi connectivity index (χ3n) is 3.84. The number of rotatable bonds is 7. The third kappa shape index (κ3) is 5.26. The van der Waals surface area contributed by atoms with Crippen molar-refractivity contribution in [1.82, 2.24) is 5.32 Å². The van der Waals surface area contributed by atoms with Gasteiger partial charge < -0.3 is 5.32 Å². The monoisotopic (exact) mass is 357 g/mol. The highest BCUT2D eigenvalue weighted by atomic mass is 35.5. The van der Waals surface area contributed by atoms with Crippen LogP contribution in [0.3, 0.4) is 0 Å². The van der Waals surface area contributed by atoms with Crippen LogP contribution in [0.5, 0.6) is 0 Å². The molecule has 0 radical (unpaired) electrons. The van der Waals surface area contributed by atoms with Gasteiger partial charge in [-0.2, -0.15) is 0 Å². The molecule has 130 valence electrons. The van der Waals surface area contributed by atoms with E-state index in [1.165, 1.54) is 0 Å². The predicted octanol–water partition coefficient (Wildman–Crippen LogP) is 3.94. The topological polar surface area (TPSA) is 63.2 Å². The second kappa shape index (κ2) is 8.58. The molecule has 0 heterocycles. The Labute approximate surface area is 152 Å². The summed E-state index contributed by atoms with van der Waals surface area (Å²) >= 11 is 5.80. The number of carbonyl (C=O) groups excluding carboxylic acids is 3. The minimum absolute atomic E-state index is 0.127. The van der Waals surface area contributed by atoms with Gasteiger partial charge in [0.2, 0.25) is 0 Å². The van der Waals surface area contributed by atoms with Crippen LogP contribution in [0.1, 0.15) is 41.0 Å². The number of Topliss-reactive ketones (excluding diaryl/α,β-unsaturated/α-hetero) is 2. The standard InChI is InChI=1S/C20H20ClNO3/c1-13(2)19(22-20(25)15-6-4-3-5-7-15)18(24)12-17(23)14-8-10-16(21)11-9-14/h3-11,13,19H,12H2,1-2H3,(H,22,25)/t19-/m0/s1. The molecule has 5 heteroatoms. The van der Waals surface area contributed by atoms with E-state index in [2.05, 4.69) is 5.32 Å². The normalized spacial score (nSPS) is 11.8. The lowest BCUT2D eigenvalue weighted by molar-refractivity contribution is -0.121. The number of carbonyl (C=O) groups is 3. The van der Waals surface area contributed by atoms with Crippen LogP contribution in [0.2, 0.25) is 5.02 Å². The number of hydrogen-bond donors (Lipinski definition) is 1. The Kier molecular flexibility index (Phi) is 6.48. The van der Waals surface area contributed by atoms with Crippen LogP contribution in [-0.2, 0) is 4.79 Å². The molecule has 0 fully saturated rings. The van der Waals surface area contributed by atoms with Gasteiger partial charge in [-0.05, 0) is 42.3 Å². The summed E-state index contributed by atoms with van der Waals surface area (Å²) in [4.78, 5) is 37.1. The lowest BCUT2D eigenvalue weighted by Gasteiger charge is -2.21. The third-order valence-corrected chi connectivity index (χ3v) is 4.09. The predicted molar refractivity (Wildman–Crippen MR) is 97.9 cm³/mol. The van der Waals surface area contributed by atoms with E-state index in [-0.39, 0.29) is 29.8 Å². The van der Waals surface area contributed by atoms with Crippen molar-refractivity contribution in [2.45, 2.75) is 26.3 Å². The first-order chi connectivity index (χ1) is 11.9. The SMILES string of the molecule is CC(C)[C@H](NC(=O)c1ccccc1)C(=O)CC(=O)c1ccc(Cl)cc1. The van der Waals surface area contributed by atoms with E-state index >= 15 is 0 Å². The molecule has 0 saturated heterocycles. The molecule has 2 aromatic carbocycles. The zero-order valence-corrected chi connectivity index (χ0v) is 14.9. The number of benzene rings is 2. The van der Waals surface area contributed by atoms with Gasteiger partial charge in [-0.1, -0.05) is 43.6 Å². The van der Waals surface area contributed by atoms with Crippen LogP contribution in [0, 0.1) is 5.92 Å². The molecule has 0 unspecified atom stereocenters. The number of hydrogen-bond acceptors (Lipinski definition) is 3. The van der Waals surface area contributed by atoms with Gasteiger partial charge in [-0.3, -0.25) is 14.4 Å². The van der Waals surface area contributed by atoms with Gasteiger partial charge in [0, 0.05) is 16.1 Å². The van der Waals surface area contributed by atoms with Crippen molar-refractivity contribution in [3.63, 3.8) is 0 Å². The van der Waals surface area contributed by atoms with Gasteiger partial charge in [0.05, 0.1) is 12.5 Å². The minimum atomic E-state index is -0.719. The molecular weight excluding hydrogens is 338 g/mol. The Hall–Kier alpha value is -2.46. The molecule has 0 aliphatic heterocycles. The Morgan fingerprint density at radius 1 is 0.920 bits per heavy atom. The second-order valence-corrected chi connectivity index (χ2v) is 6.57. The Morgan fingerprint density at radius 3 is 2.08 bits per heavy atom. The van der Waals surface area contributed by atoms with Gasteiger partial charge in [0.1, 0.15) is 0 Å². The van der Waals surface area contributed by atoms with Crippen LogP contribution in [0.15, 0.2) is 54.6 Å².